The van der Waals surface area contributed by atoms with Gasteiger partial charge in [0.2, 0.25) is 0 Å². The van der Waals surface area contributed by atoms with Crippen LogP contribution in [0, 0.1) is 0 Å². The molecule has 1 aliphatic rings. The zero-order valence-electron chi connectivity index (χ0n) is 13.0. The predicted molar refractivity (Wildman–Crippen MR) is 91.4 cm³/mol. The molecule has 2 N–H and O–H groups in total. The van der Waals surface area contributed by atoms with Crippen molar-refractivity contribution in [3.63, 3.8) is 0 Å². The predicted octanol–water partition coefficient (Wildman–Crippen LogP) is 2.50. The summed E-state index contributed by atoms with van der Waals surface area (Å²) in [4.78, 5) is 14.5. The van der Waals surface area contributed by atoms with Gasteiger partial charge >= 0.3 is 0 Å². The van der Waals surface area contributed by atoms with Gasteiger partial charge in [-0.15, -0.1) is 4.83 Å². The van der Waals surface area contributed by atoms with Gasteiger partial charge in [-0.3, -0.25) is 4.79 Å². The summed E-state index contributed by atoms with van der Waals surface area (Å²) in [6.07, 6.45) is 2.47. The van der Waals surface area contributed by atoms with E-state index in [0.717, 1.165) is 5.56 Å². The van der Waals surface area contributed by atoms with E-state index in [0.29, 0.717) is 18.5 Å². The Morgan fingerprint density at radius 1 is 0.875 bits per heavy atom. The molecule has 1 atom stereocenters. The second-order valence-electron chi connectivity index (χ2n) is 5.70. The van der Waals surface area contributed by atoms with Crippen LogP contribution in [0.15, 0.2) is 77.3 Å². The molecular formula is C18H18N2O3S. The molecule has 0 saturated carbocycles. The molecule has 0 fully saturated rings. The summed E-state index contributed by atoms with van der Waals surface area (Å²) >= 11 is 0. The van der Waals surface area contributed by atoms with E-state index < -0.39 is 10.0 Å². The first-order chi connectivity index (χ1) is 11.5. The molecule has 0 amide bonds. The number of sulfonamides is 1. The van der Waals surface area contributed by atoms with Crippen LogP contribution < -0.4 is 10.3 Å². The highest BCUT2D eigenvalue weighted by Gasteiger charge is 2.23. The lowest BCUT2D eigenvalue weighted by Crippen LogP contribution is -2.38. The van der Waals surface area contributed by atoms with Gasteiger partial charge in [0.05, 0.1) is 4.90 Å². The number of nitrogens with one attached hydrogen (secondary N) is 2. The summed E-state index contributed by atoms with van der Waals surface area (Å²) in [7, 11) is -3.67. The van der Waals surface area contributed by atoms with E-state index in [1.54, 1.807) is 18.2 Å². The Bertz CT molecular complexity index is 846. The molecule has 0 unspecified atom stereocenters. The van der Waals surface area contributed by atoms with Crippen molar-refractivity contribution in [1.29, 1.82) is 0 Å². The van der Waals surface area contributed by atoms with Crippen LogP contribution >= 0.6 is 0 Å². The van der Waals surface area contributed by atoms with Gasteiger partial charge in [-0.25, -0.2) is 8.42 Å². The van der Waals surface area contributed by atoms with Crippen molar-refractivity contribution >= 4 is 15.8 Å². The molecule has 0 aliphatic heterocycles. The van der Waals surface area contributed by atoms with Crippen molar-refractivity contribution < 1.29 is 13.2 Å². The van der Waals surface area contributed by atoms with Crippen molar-refractivity contribution in [3.8, 4) is 0 Å². The molecule has 0 heterocycles. The zero-order chi connectivity index (χ0) is 17.0. The second-order valence-corrected chi connectivity index (χ2v) is 7.38. The summed E-state index contributed by atoms with van der Waals surface area (Å²) < 4.78 is 24.4. The van der Waals surface area contributed by atoms with Crippen molar-refractivity contribution in [2.45, 2.75) is 23.7 Å². The largest absolute Gasteiger partial charge is 0.312 e. The van der Waals surface area contributed by atoms with Gasteiger partial charge in [-0.2, -0.15) is 0 Å². The number of hydrazine groups is 1. The van der Waals surface area contributed by atoms with Crippen LogP contribution in [0.4, 0.5) is 0 Å². The first-order valence-electron chi connectivity index (χ1n) is 7.66. The lowest BCUT2D eigenvalue weighted by Gasteiger charge is -2.23. The number of benzene rings is 2. The normalized spacial score (nSPS) is 18.1. The fourth-order valence-electron chi connectivity index (χ4n) is 2.73. The van der Waals surface area contributed by atoms with Crippen LogP contribution in [-0.4, -0.2) is 14.2 Å². The zero-order valence-corrected chi connectivity index (χ0v) is 13.8. The summed E-state index contributed by atoms with van der Waals surface area (Å²) in [5.74, 6) is 0.0314. The second kappa shape index (κ2) is 6.98. The van der Waals surface area contributed by atoms with Gasteiger partial charge in [-0.05, 0) is 30.0 Å². The van der Waals surface area contributed by atoms with Crippen molar-refractivity contribution in [1.82, 2.24) is 10.3 Å². The molecule has 0 bridgehead atoms. The average Bonchev–Trinajstić information content (AvgIpc) is 2.61. The summed E-state index contributed by atoms with van der Waals surface area (Å²) in [5.41, 5.74) is 4.34. The molecular weight excluding hydrogens is 324 g/mol. The number of carbonyl (C=O) groups excluding carboxylic acids is 1. The van der Waals surface area contributed by atoms with Gasteiger partial charge in [-0.1, -0.05) is 48.5 Å². The molecule has 5 nitrogen and oxygen atoms in total. The Labute approximate surface area is 141 Å². The Hall–Kier alpha value is -2.44. The fourth-order valence-corrected chi connectivity index (χ4v) is 3.63. The van der Waals surface area contributed by atoms with E-state index in [1.807, 2.05) is 30.3 Å². The highest BCUT2D eigenvalue weighted by atomic mass is 32.2. The van der Waals surface area contributed by atoms with Crippen molar-refractivity contribution in [2.75, 3.05) is 0 Å². The van der Waals surface area contributed by atoms with Gasteiger partial charge in [0.25, 0.3) is 10.0 Å². The van der Waals surface area contributed by atoms with Crippen LogP contribution in [-0.2, 0) is 14.8 Å². The lowest BCUT2D eigenvalue weighted by molar-refractivity contribution is -0.115. The van der Waals surface area contributed by atoms with Gasteiger partial charge in [0, 0.05) is 18.2 Å². The number of hydrogen-bond donors (Lipinski definition) is 2. The quantitative estimate of drug-likeness (QED) is 0.819. The minimum absolute atomic E-state index is 0.0171. The number of rotatable bonds is 5. The van der Waals surface area contributed by atoms with Crippen LogP contribution in [0.3, 0.4) is 0 Å². The third-order valence-corrected chi connectivity index (χ3v) is 5.18. The third-order valence-electron chi connectivity index (χ3n) is 3.92. The monoisotopic (exact) mass is 342 g/mol. The van der Waals surface area contributed by atoms with E-state index >= 15 is 0 Å². The average molecular weight is 342 g/mol. The highest BCUT2D eigenvalue weighted by molar-refractivity contribution is 7.89. The SMILES string of the molecule is O=C1C=C(NNS(=O)(=O)c2ccccc2)C[C@H](c2ccccc2)C1. The number of ketones is 1. The van der Waals surface area contributed by atoms with E-state index in [1.165, 1.54) is 18.2 Å². The van der Waals surface area contributed by atoms with E-state index in [2.05, 4.69) is 10.3 Å². The van der Waals surface area contributed by atoms with Gasteiger partial charge < -0.3 is 5.43 Å². The van der Waals surface area contributed by atoms with Gasteiger partial charge in [0.15, 0.2) is 5.78 Å². The maximum atomic E-state index is 12.2. The molecule has 0 radical (unpaired) electrons. The van der Waals surface area contributed by atoms with Crippen LogP contribution in [0.2, 0.25) is 0 Å². The standard InChI is InChI=1S/C18H18N2O3S/c21-17-12-15(14-7-3-1-4-8-14)11-16(13-17)19-20-24(22,23)18-9-5-2-6-10-18/h1-10,13,15,19-20H,11-12H2/t15-/m0/s1. The Morgan fingerprint density at radius 2 is 1.50 bits per heavy atom. The molecule has 2 aromatic carbocycles. The van der Waals surface area contributed by atoms with E-state index in [4.69, 9.17) is 0 Å². The fraction of sp³-hybridized carbons (Fsp3) is 0.167. The third kappa shape index (κ3) is 3.90. The molecule has 3 rings (SSSR count). The minimum Gasteiger partial charge on any atom is -0.312 e. The van der Waals surface area contributed by atoms with E-state index in [9.17, 15) is 13.2 Å². The Balaban J connectivity index is 1.70. The van der Waals surface area contributed by atoms with Crippen LogP contribution in [0.1, 0.15) is 24.3 Å². The highest BCUT2D eigenvalue weighted by Crippen LogP contribution is 2.30. The van der Waals surface area contributed by atoms with Crippen LogP contribution in [0.5, 0.6) is 0 Å². The molecule has 0 aromatic heterocycles. The number of carbonyl (C=O) groups is 1. The summed E-state index contributed by atoms with van der Waals surface area (Å²) in [6, 6.07) is 17.8. The Kier molecular flexibility index (Phi) is 4.78. The maximum absolute atomic E-state index is 12.2. The first-order valence-corrected chi connectivity index (χ1v) is 9.14. The molecule has 0 saturated heterocycles. The van der Waals surface area contributed by atoms with Crippen LogP contribution in [0.25, 0.3) is 0 Å². The van der Waals surface area contributed by atoms with Crippen molar-refractivity contribution in [2.24, 2.45) is 0 Å². The smallest absolute Gasteiger partial charge is 0.257 e. The van der Waals surface area contributed by atoms with E-state index in [-0.39, 0.29) is 16.6 Å². The maximum Gasteiger partial charge on any atom is 0.257 e. The molecule has 0 spiro atoms. The molecule has 24 heavy (non-hydrogen) atoms. The molecule has 1 aliphatic carbocycles. The Morgan fingerprint density at radius 3 is 2.17 bits per heavy atom. The molecule has 2 aromatic rings. The van der Waals surface area contributed by atoms with Gasteiger partial charge in [0.1, 0.15) is 0 Å². The molecule has 6 heteroatoms. The summed E-state index contributed by atoms with van der Waals surface area (Å²) in [6.45, 7) is 0. The number of allylic oxidation sites excluding steroid dienone is 2. The van der Waals surface area contributed by atoms with Crippen molar-refractivity contribution in [3.05, 3.63) is 78.0 Å². The minimum atomic E-state index is -3.67. The summed E-state index contributed by atoms with van der Waals surface area (Å²) in [5, 5.41) is 0. The lowest BCUT2D eigenvalue weighted by atomic mass is 9.86. The first kappa shape index (κ1) is 16.4. The molecule has 124 valence electrons. The topological polar surface area (TPSA) is 75.3 Å². The number of hydrogen-bond acceptors (Lipinski definition) is 4.